The Bertz CT molecular complexity index is 439. The van der Waals surface area contributed by atoms with Crippen LogP contribution in [0.4, 0.5) is 0 Å². The first kappa shape index (κ1) is 16.6. The molecule has 0 radical (unpaired) electrons. The number of nitrogens with one attached hydrogen (secondary N) is 1. The third-order valence-corrected chi connectivity index (χ3v) is 3.30. The molecule has 0 spiro atoms. The summed E-state index contributed by atoms with van der Waals surface area (Å²) in [6.45, 7) is 1.96. The largest absolute Gasteiger partial charge is 0.493 e. The van der Waals surface area contributed by atoms with Crippen molar-refractivity contribution in [3.63, 3.8) is 0 Å². The average molecular weight is 346 g/mol. The van der Waals surface area contributed by atoms with Crippen molar-refractivity contribution in [2.24, 2.45) is 0 Å². The molecule has 1 amide bonds. The highest BCUT2D eigenvalue weighted by Gasteiger charge is 2.17. The van der Waals surface area contributed by atoms with Gasteiger partial charge in [-0.3, -0.25) is 4.79 Å². The number of carbonyl (C=O) groups is 1. The molecule has 0 saturated heterocycles. The number of ether oxygens (including phenoxy) is 3. The van der Waals surface area contributed by atoms with Crippen LogP contribution in [0.1, 0.15) is 23.7 Å². The molecule has 1 aromatic rings. The molecule has 0 aliphatic carbocycles. The molecule has 0 heterocycles. The van der Waals surface area contributed by atoms with Gasteiger partial charge in [-0.25, -0.2) is 0 Å². The van der Waals surface area contributed by atoms with Crippen molar-refractivity contribution < 1.29 is 19.0 Å². The molecule has 0 fully saturated rings. The van der Waals surface area contributed by atoms with Crippen LogP contribution in [0.25, 0.3) is 0 Å². The lowest BCUT2D eigenvalue weighted by atomic mass is 10.1. The Labute approximate surface area is 127 Å². The molecular formula is C14H20BrNO4. The second kappa shape index (κ2) is 7.99. The van der Waals surface area contributed by atoms with Gasteiger partial charge >= 0.3 is 0 Å². The molecule has 1 atom stereocenters. The highest BCUT2D eigenvalue weighted by Crippen LogP contribution is 2.38. The van der Waals surface area contributed by atoms with Crippen molar-refractivity contribution in [1.29, 1.82) is 0 Å². The first-order chi connectivity index (χ1) is 9.57. The first-order valence-corrected chi connectivity index (χ1v) is 7.36. The van der Waals surface area contributed by atoms with Crippen LogP contribution >= 0.6 is 15.9 Å². The van der Waals surface area contributed by atoms with Gasteiger partial charge in [-0.15, -0.1) is 0 Å². The Morgan fingerprint density at radius 3 is 2.15 bits per heavy atom. The van der Waals surface area contributed by atoms with E-state index in [0.29, 0.717) is 22.8 Å². The van der Waals surface area contributed by atoms with Crippen molar-refractivity contribution in [2.45, 2.75) is 19.4 Å². The van der Waals surface area contributed by atoms with E-state index in [4.69, 9.17) is 14.2 Å². The van der Waals surface area contributed by atoms with Crippen molar-refractivity contribution in [1.82, 2.24) is 5.32 Å². The van der Waals surface area contributed by atoms with Gasteiger partial charge < -0.3 is 19.5 Å². The number of benzene rings is 1. The molecule has 5 nitrogen and oxygen atoms in total. The van der Waals surface area contributed by atoms with Gasteiger partial charge in [0.05, 0.1) is 21.3 Å². The normalized spacial score (nSPS) is 11.7. The number of methoxy groups -OCH3 is 3. The maximum absolute atomic E-state index is 12.2. The van der Waals surface area contributed by atoms with Crippen LogP contribution in [-0.2, 0) is 0 Å². The summed E-state index contributed by atoms with van der Waals surface area (Å²) in [5.74, 6) is 1.23. The molecule has 1 N–H and O–H groups in total. The summed E-state index contributed by atoms with van der Waals surface area (Å²) in [5, 5.41) is 3.75. The monoisotopic (exact) mass is 345 g/mol. The Morgan fingerprint density at radius 1 is 1.20 bits per heavy atom. The average Bonchev–Trinajstić information content (AvgIpc) is 2.45. The van der Waals surface area contributed by atoms with E-state index in [1.165, 1.54) is 21.3 Å². The molecule has 1 unspecified atom stereocenters. The molecule has 1 rings (SSSR count). The lowest BCUT2D eigenvalue weighted by Crippen LogP contribution is -2.32. The fraction of sp³-hybridized carbons (Fsp3) is 0.500. The van der Waals surface area contributed by atoms with E-state index in [1.54, 1.807) is 12.1 Å². The van der Waals surface area contributed by atoms with E-state index in [9.17, 15) is 4.79 Å². The second-order valence-electron chi connectivity index (χ2n) is 4.27. The quantitative estimate of drug-likeness (QED) is 0.771. The van der Waals surface area contributed by atoms with Gasteiger partial charge in [0.15, 0.2) is 11.5 Å². The molecule has 0 aliphatic heterocycles. The fourth-order valence-electron chi connectivity index (χ4n) is 1.76. The van der Waals surface area contributed by atoms with E-state index >= 15 is 0 Å². The predicted molar refractivity (Wildman–Crippen MR) is 81.4 cm³/mol. The van der Waals surface area contributed by atoms with Crippen LogP contribution in [-0.4, -0.2) is 38.6 Å². The van der Waals surface area contributed by atoms with Crippen LogP contribution in [0, 0.1) is 0 Å². The smallest absolute Gasteiger partial charge is 0.251 e. The van der Waals surface area contributed by atoms with Crippen molar-refractivity contribution in [2.75, 3.05) is 26.7 Å². The Hall–Kier alpha value is -1.43. The van der Waals surface area contributed by atoms with E-state index < -0.39 is 0 Å². The van der Waals surface area contributed by atoms with E-state index in [2.05, 4.69) is 21.2 Å². The summed E-state index contributed by atoms with van der Waals surface area (Å²) in [6.07, 6.45) is 0.857. The van der Waals surface area contributed by atoms with Gasteiger partial charge in [0.25, 0.3) is 5.91 Å². The second-order valence-corrected chi connectivity index (χ2v) is 5.06. The SMILES string of the molecule is COc1cc(C(=O)NC(C)CCBr)cc(OC)c1OC. The Morgan fingerprint density at radius 2 is 1.75 bits per heavy atom. The molecule has 0 aliphatic rings. The van der Waals surface area contributed by atoms with Gasteiger partial charge in [0.1, 0.15) is 0 Å². The zero-order valence-electron chi connectivity index (χ0n) is 12.2. The molecule has 112 valence electrons. The predicted octanol–water partition coefficient (Wildman–Crippen LogP) is 2.62. The number of halogens is 1. The third kappa shape index (κ3) is 4.03. The molecule has 0 bridgehead atoms. The minimum absolute atomic E-state index is 0.0842. The lowest BCUT2D eigenvalue weighted by molar-refractivity contribution is 0.0938. The van der Waals surface area contributed by atoms with Gasteiger partial charge in [0.2, 0.25) is 5.75 Å². The zero-order chi connectivity index (χ0) is 15.1. The van der Waals surface area contributed by atoms with Crippen LogP contribution in [0.15, 0.2) is 12.1 Å². The zero-order valence-corrected chi connectivity index (χ0v) is 13.7. The van der Waals surface area contributed by atoms with Crippen LogP contribution in [0.3, 0.4) is 0 Å². The number of hydrogen-bond acceptors (Lipinski definition) is 4. The standard InChI is InChI=1S/C14H20BrNO4/c1-9(5-6-15)16-14(17)10-7-11(18-2)13(20-4)12(8-10)19-3/h7-9H,5-6H2,1-4H3,(H,16,17). The van der Waals surface area contributed by atoms with Crippen LogP contribution in [0.2, 0.25) is 0 Å². The summed E-state index contributed by atoms with van der Waals surface area (Å²) >= 11 is 3.35. The topological polar surface area (TPSA) is 56.8 Å². The Kier molecular flexibility index (Phi) is 6.64. The summed E-state index contributed by atoms with van der Waals surface area (Å²) in [5.41, 5.74) is 0.473. The van der Waals surface area contributed by atoms with E-state index in [-0.39, 0.29) is 11.9 Å². The highest BCUT2D eigenvalue weighted by molar-refractivity contribution is 9.09. The third-order valence-electron chi connectivity index (χ3n) is 2.85. The van der Waals surface area contributed by atoms with Gasteiger partial charge in [-0.1, -0.05) is 15.9 Å². The molecular weight excluding hydrogens is 326 g/mol. The van der Waals surface area contributed by atoms with Gasteiger partial charge in [-0.05, 0) is 25.5 Å². The van der Waals surface area contributed by atoms with Gasteiger partial charge in [0, 0.05) is 16.9 Å². The maximum atomic E-state index is 12.2. The van der Waals surface area contributed by atoms with Gasteiger partial charge in [-0.2, -0.15) is 0 Å². The molecule has 0 saturated carbocycles. The van der Waals surface area contributed by atoms with Crippen molar-refractivity contribution >= 4 is 21.8 Å². The minimum Gasteiger partial charge on any atom is -0.493 e. The number of rotatable bonds is 7. The highest BCUT2D eigenvalue weighted by atomic mass is 79.9. The first-order valence-electron chi connectivity index (χ1n) is 6.24. The minimum atomic E-state index is -0.169. The molecule has 0 aromatic heterocycles. The molecule has 1 aromatic carbocycles. The number of hydrogen-bond donors (Lipinski definition) is 1. The van der Waals surface area contributed by atoms with Crippen LogP contribution < -0.4 is 19.5 Å². The van der Waals surface area contributed by atoms with Crippen molar-refractivity contribution in [3.05, 3.63) is 17.7 Å². The maximum Gasteiger partial charge on any atom is 0.251 e. The number of alkyl halides is 1. The number of carbonyl (C=O) groups excluding carboxylic acids is 1. The van der Waals surface area contributed by atoms with E-state index in [1.807, 2.05) is 6.92 Å². The fourth-order valence-corrected chi connectivity index (χ4v) is 2.44. The summed E-state index contributed by atoms with van der Waals surface area (Å²) in [7, 11) is 4.57. The number of amides is 1. The molecule has 20 heavy (non-hydrogen) atoms. The summed E-state index contributed by atoms with van der Waals surface area (Å²) in [4.78, 5) is 12.2. The lowest BCUT2D eigenvalue weighted by Gasteiger charge is -2.16. The van der Waals surface area contributed by atoms with Crippen molar-refractivity contribution in [3.8, 4) is 17.2 Å². The van der Waals surface area contributed by atoms with E-state index in [0.717, 1.165) is 11.8 Å². The summed E-state index contributed by atoms with van der Waals surface area (Å²) < 4.78 is 15.7. The summed E-state index contributed by atoms with van der Waals surface area (Å²) in [6, 6.07) is 3.36. The van der Waals surface area contributed by atoms with Crippen LogP contribution in [0.5, 0.6) is 17.2 Å². The molecule has 6 heteroatoms. The Balaban J connectivity index is 3.03.